The highest BCUT2D eigenvalue weighted by Crippen LogP contribution is 2.34. The van der Waals surface area contributed by atoms with Crippen LogP contribution in [0.1, 0.15) is 23.7 Å². The third kappa shape index (κ3) is 4.36. The first kappa shape index (κ1) is 20.5. The van der Waals surface area contributed by atoms with Gasteiger partial charge < -0.3 is 19.3 Å². The van der Waals surface area contributed by atoms with Crippen molar-refractivity contribution in [3.05, 3.63) is 48.0 Å². The third-order valence-corrected chi connectivity index (χ3v) is 6.72. The minimum absolute atomic E-state index is 0.0654. The lowest BCUT2D eigenvalue weighted by Crippen LogP contribution is -2.35. The van der Waals surface area contributed by atoms with Gasteiger partial charge in [-0.1, -0.05) is 13.0 Å². The van der Waals surface area contributed by atoms with Crippen molar-refractivity contribution in [2.45, 2.75) is 18.2 Å². The molecular weight excluding hydrogens is 406 g/mol. The summed E-state index contributed by atoms with van der Waals surface area (Å²) in [5.74, 6) is 0.821. The summed E-state index contributed by atoms with van der Waals surface area (Å²) in [6, 6.07) is 11.1. The molecule has 0 radical (unpaired) electrons. The largest absolute Gasteiger partial charge is 0.454 e. The Morgan fingerprint density at radius 3 is 2.70 bits per heavy atom. The number of hydrogen-bond donors (Lipinski definition) is 1. The number of likely N-dealkylation sites (N-methyl/N-ethyl adjacent to an activating group) is 1. The second-order valence-electron chi connectivity index (χ2n) is 7.28. The Bertz CT molecular complexity index is 1040. The van der Waals surface area contributed by atoms with E-state index in [0.717, 1.165) is 26.1 Å². The quantitative estimate of drug-likeness (QED) is 0.782. The van der Waals surface area contributed by atoms with E-state index in [1.54, 1.807) is 30.3 Å². The molecule has 0 aromatic heterocycles. The van der Waals surface area contributed by atoms with Crippen LogP contribution in [0.25, 0.3) is 0 Å². The topological polar surface area (TPSA) is 88.2 Å². The predicted octanol–water partition coefficient (Wildman–Crippen LogP) is 2.38. The van der Waals surface area contributed by atoms with Gasteiger partial charge in [-0.05, 0) is 49.8 Å². The van der Waals surface area contributed by atoms with Gasteiger partial charge in [-0.25, -0.2) is 8.42 Å². The molecule has 0 atom stereocenters. The van der Waals surface area contributed by atoms with E-state index in [-0.39, 0.29) is 17.6 Å². The Kier molecular flexibility index (Phi) is 5.83. The van der Waals surface area contributed by atoms with E-state index in [1.165, 1.54) is 12.1 Å². The van der Waals surface area contributed by atoms with Crippen LogP contribution in [0.4, 0.5) is 5.69 Å². The van der Waals surface area contributed by atoms with Gasteiger partial charge in [-0.2, -0.15) is 0 Å². The van der Waals surface area contributed by atoms with Crippen LogP contribution in [-0.4, -0.2) is 63.6 Å². The van der Waals surface area contributed by atoms with Gasteiger partial charge >= 0.3 is 0 Å². The second-order valence-corrected chi connectivity index (χ2v) is 8.96. The average Bonchev–Trinajstić information content (AvgIpc) is 3.08. The van der Waals surface area contributed by atoms with E-state index in [1.807, 2.05) is 4.90 Å². The molecule has 1 fully saturated rings. The van der Waals surface area contributed by atoms with Crippen LogP contribution in [0.2, 0.25) is 0 Å². The standard InChI is InChI=1S/C21H25N3O5S/c1-2-23-9-4-10-24(12-11-23)21(25)16-5-3-6-17(13-16)22-30(26,27)18-7-8-19-20(14-18)29-15-28-19/h3,5-8,13-14,22H,2,4,9-12,15H2,1H3. The van der Waals surface area contributed by atoms with Gasteiger partial charge in [0, 0.05) is 37.0 Å². The van der Waals surface area contributed by atoms with Crippen LogP contribution < -0.4 is 14.2 Å². The summed E-state index contributed by atoms with van der Waals surface area (Å²) < 4.78 is 38.6. The highest BCUT2D eigenvalue weighted by Gasteiger charge is 2.22. The van der Waals surface area contributed by atoms with Crippen molar-refractivity contribution in [2.75, 3.05) is 44.2 Å². The fourth-order valence-electron chi connectivity index (χ4n) is 3.65. The van der Waals surface area contributed by atoms with E-state index >= 15 is 0 Å². The Morgan fingerprint density at radius 1 is 1.03 bits per heavy atom. The molecule has 1 saturated heterocycles. The maximum atomic E-state index is 13.0. The molecule has 2 aromatic carbocycles. The Labute approximate surface area is 176 Å². The first-order chi connectivity index (χ1) is 14.5. The number of fused-ring (bicyclic) bond motifs is 1. The summed E-state index contributed by atoms with van der Waals surface area (Å²) >= 11 is 0. The van der Waals surface area contributed by atoms with Gasteiger partial charge in [-0.15, -0.1) is 0 Å². The van der Waals surface area contributed by atoms with Crippen LogP contribution in [-0.2, 0) is 10.0 Å². The van der Waals surface area contributed by atoms with Crippen LogP contribution in [0.5, 0.6) is 11.5 Å². The van der Waals surface area contributed by atoms with E-state index in [9.17, 15) is 13.2 Å². The number of nitrogens with one attached hydrogen (secondary N) is 1. The summed E-state index contributed by atoms with van der Waals surface area (Å²) in [5.41, 5.74) is 0.800. The molecule has 30 heavy (non-hydrogen) atoms. The number of carbonyl (C=O) groups is 1. The summed E-state index contributed by atoms with van der Waals surface area (Å²) in [6.45, 7) is 6.35. The van der Waals surface area contributed by atoms with Crippen molar-refractivity contribution in [3.8, 4) is 11.5 Å². The lowest BCUT2D eigenvalue weighted by Gasteiger charge is -2.21. The van der Waals surface area contributed by atoms with E-state index in [4.69, 9.17) is 9.47 Å². The molecule has 4 rings (SSSR count). The molecule has 8 nitrogen and oxygen atoms in total. The summed E-state index contributed by atoms with van der Waals surface area (Å²) in [4.78, 5) is 17.2. The number of ether oxygens (including phenoxy) is 2. The maximum absolute atomic E-state index is 13.0. The lowest BCUT2D eigenvalue weighted by molar-refractivity contribution is 0.0761. The highest BCUT2D eigenvalue weighted by atomic mass is 32.2. The van der Waals surface area contributed by atoms with Crippen molar-refractivity contribution in [1.82, 2.24) is 9.80 Å². The number of nitrogens with zero attached hydrogens (tertiary/aromatic N) is 2. The number of carbonyl (C=O) groups excluding carboxylic acids is 1. The lowest BCUT2D eigenvalue weighted by atomic mass is 10.1. The Hall–Kier alpha value is -2.78. The van der Waals surface area contributed by atoms with Crippen LogP contribution in [0.3, 0.4) is 0 Å². The first-order valence-corrected chi connectivity index (χ1v) is 11.5. The molecule has 2 aliphatic rings. The van der Waals surface area contributed by atoms with Crippen LogP contribution in [0.15, 0.2) is 47.4 Å². The number of hydrogen-bond acceptors (Lipinski definition) is 6. The monoisotopic (exact) mass is 431 g/mol. The molecule has 1 amide bonds. The van der Waals surface area contributed by atoms with Gasteiger partial charge in [0.1, 0.15) is 0 Å². The van der Waals surface area contributed by atoms with E-state index < -0.39 is 10.0 Å². The van der Waals surface area contributed by atoms with Crippen molar-refractivity contribution in [2.24, 2.45) is 0 Å². The van der Waals surface area contributed by atoms with Crippen LogP contribution in [0, 0.1) is 0 Å². The van der Waals surface area contributed by atoms with Gasteiger partial charge in [0.2, 0.25) is 6.79 Å². The van der Waals surface area contributed by atoms with Crippen molar-refractivity contribution in [3.63, 3.8) is 0 Å². The fourth-order valence-corrected chi connectivity index (χ4v) is 4.71. The van der Waals surface area contributed by atoms with Crippen molar-refractivity contribution >= 4 is 21.6 Å². The first-order valence-electron chi connectivity index (χ1n) is 10.0. The highest BCUT2D eigenvalue weighted by molar-refractivity contribution is 7.92. The number of benzene rings is 2. The summed E-state index contributed by atoms with van der Waals surface area (Å²) in [7, 11) is -3.84. The average molecular weight is 432 g/mol. The fraction of sp³-hybridized carbons (Fsp3) is 0.381. The molecule has 2 heterocycles. The zero-order valence-electron chi connectivity index (χ0n) is 16.8. The minimum Gasteiger partial charge on any atom is -0.454 e. The molecular formula is C21H25N3O5S. The number of sulfonamides is 1. The van der Waals surface area contributed by atoms with Gasteiger partial charge in [0.15, 0.2) is 11.5 Å². The normalized spacial score (nSPS) is 16.9. The predicted molar refractivity (Wildman–Crippen MR) is 112 cm³/mol. The third-order valence-electron chi connectivity index (χ3n) is 5.34. The molecule has 1 N–H and O–H groups in total. The smallest absolute Gasteiger partial charge is 0.262 e. The van der Waals surface area contributed by atoms with Crippen molar-refractivity contribution in [1.29, 1.82) is 0 Å². The molecule has 9 heteroatoms. The SMILES string of the molecule is CCN1CCCN(C(=O)c2cccc(NS(=O)(=O)c3ccc4c(c3)OCO4)c2)CC1. The molecule has 0 aliphatic carbocycles. The molecule has 0 bridgehead atoms. The minimum atomic E-state index is -3.84. The van der Waals surface area contributed by atoms with Crippen LogP contribution >= 0.6 is 0 Å². The number of anilines is 1. The Balaban J connectivity index is 1.50. The van der Waals surface area contributed by atoms with Gasteiger partial charge in [0.05, 0.1) is 4.90 Å². The second kappa shape index (κ2) is 8.53. The molecule has 2 aromatic rings. The molecule has 0 unspecified atom stereocenters. The zero-order valence-corrected chi connectivity index (χ0v) is 17.7. The Morgan fingerprint density at radius 2 is 1.87 bits per heavy atom. The maximum Gasteiger partial charge on any atom is 0.262 e. The molecule has 2 aliphatic heterocycles. The summed E-state index contributed by atoms with van der Waals surface area (Å²) in [6.07, 6.45) is 0.927. The van der Waals surface area contributed by atoms with Gasteiger partial charge in [-0.3, -0.25) is 9.52 Å². The van der Waals surface area contributed by atoms with E-state index in [2.05, 4.69) is 16.5 Å². The zero-order chi connectivity index (χ0) is 21.1. The summed E-state index contributed by atoms with van der Waals surface area (Å²) in [5, 5.41) is 0. The van der Waals surface area contributed by atoms with Crippen molar-refractivity contribution < 1.29 is 22.7 Å². The van der Waals surface area contributed by atoms with Gasteiger partial charge in [0.25, 0.3) is 15.9 Å². The number of amides is 1. The molecule has 0 spiro atoms. The molecule has 160 valence electrons. The number of rotatable bonds is 5. The van der Waals surface area contributed by atoms with E-state index in [0.29, 0.717) is 35.8 Å². The molecule has 0 saturated carbocycles.